The number of nitrogens with zero attached hydrogens (tertiary/aromatic N) is 2. The van der Waals surface area contributed by atoms with Crippen LogP contribution in [-0.2, 0) is 6.54 Å². The van der Waals surface area contributed by atoms with Crippen molar-refractivity contribution < 1.29 is 4.79 Å². The molecule has 3 heteroatoms. The molecule has 1 heterocycles. The van der Waals surface area contributed by atoms with Gasteiger partial charge >= 0.3 is 0 Å². The Morgan fingerprint density at radius 3 is 2.72 bits per heavy atom. The largest absolute Gasteiger partial charge is 0.294 e. The lowest BCUT2D eigenvalue weighted by Crippen LogP contribution is -2.09. The van der Waals surface area contributed by atoms with Crippen molar-refractivity contribution >= 4 is 5.78 Å². The molecule has 2 rings (SSSR count). The summed E-state index contributed by atoms with van der Waals surface area (Å²) in [6.45, 7) is 4.68. The summed E-state index contributed by atoms with van der Waals surface area (Å²) in [6, 6.07) is 10.1. The zero-order valence-corrected chi connectivity index (χ0v) is 10.8. The van der Waals surface area contributed by atoms with Crippen molar-refractivity contribution in [2.75, 3.05) is 0 Å². The normalized spacial score (nSPS) is 12.3. The van der Waals surface area contributed by atoms with Gasteiger partial charge in [-0.3, -0.25) is 9.48 Å². The van der Waals surface area contributed by atoms with E-state index in [1.165, 1.54) is 5.56 Å². The fourth-order valence-corrected chi connectivity index (χ4v) is 1.82. The summed E-state index contributed by atoms with van der Waals surface area (Å²) >= 11 is 0. The number of hydrogen-bond donors (Lipinski definition) is 0. The Labute approximate surface area is 107 Å². The molecule has 1 aromatic carbocycles. The van der Waals surface area contributed by atoms with Gasteiger partial charge in [0.15, 0.2) is 5.78 Å². The van der Waals surface area contributed by atoms with Gasteiger partial charge in [-0.05, 0) is 12.0 Å². The van der Waals surface area contributed by atoms with E-state index in [1.807, 2.05) is 42.9 Å². The van der Waals surface area contributed by atoms with Crippen molar-refractivity contribution in [1.29, 1.82) is 0 Å². The van der Waals surface area contributed by atoms with E-state index < -0.39 is 0 Å². The van der Waals surface area contributed by atoms with Crippen LogP contribution in [0.1, 0.15) is 36.2 Å². The van der Waals surface area contributed by atoms with E-state index in [4.69, 9.17) is 0 Å². The van der Waals surface area contributed by atoms with Gasteiger partial charge in [0.2, 0.25) is 0 Å². The summed E-state index contributed by atoms with van der Waals surface area (Å²) in [6.07, 6.45) is 4.36. The fourth-order valence-electron chi connectivity index (χ4n) is 1.82. The highest BCUT2D eigenvalue weighted by Gasteiger charge is 2.14. The molecule has 0 aliphatic rings. The first-order chi connectivity index (χ1) is 8.70. The maximum absolute atomic E-state index is 12.0. The van der Waals surface area contributed by atoms with Gasteiger partial charge in [-0.15, -0.1) is 0 Å². The molecule has 3 nitrogen and oxygen atoms in total. The van der Waals surface area contributed by atoms with Crippen LogP contribution < -0.4 is 0 Å². The minimum absolute atomic E-state index is 0.0689. The molecule has 0 saturated carbocycles. The fraction of sp³-hybridized carbons (Fsp3) is 0.333. The molecule has 0 fully saturated rings. The van der Waals surface area contributed by atoms with Gasteiger partial charge in [-0.2, -0.15) is 5.10 Å². The first-order valence-corrected chi connectivity index (χ1v) is 6.31. The highest BCUT2D eigenvalue weighted by molar-refractivity contribution is 5.97. The van der Waals surface area contributed by atoms with Crippen LogP contribution in [0.2, 0.25) is 0 Å². The van der Waals surface area contributed by atoms with Crippen LogP contribution >= 0.6 is 0 Å². The molecule has 0 bridgehead atoms. The molecule has 0 spiro atoms. The molecular formula is C15H18N2O. The van der Waals surface area contributed by atoms with Gasteiger partial charge in [0.1, 0.15) is 0 Å². The van der Waals surface area contributed by atoms with Crippen molar-refractivity contribution in [1.82, 2.24) is 9.78 Å². The third kappa shape index (κ3) is 2.86. The molecule has 1 aromatic heterocycles. The molecular weight excluding hydrogens is 224 g/mol. The van der Waals surface area contributed by atoms with Crippen molar-refractivity contribution in [2.45, 2.75) is 26.8 Å². The van der Waals surface area contributed by atoms with Crippen LogP contribution in [0.3, 0.4) is 0 Å². The minimum atomic E-state index is 0.0689. The Morgan fingerprint density at radius 2 is 2.06 bits per heavy atom. The molecule has 0 N–H and O–H groups in total. The zero-order valence-electron chi connectivity index (χ0n) is 10.8. The summed E-state index contributed by atoms with van der Waals surface area (Å²) in [4.78, 5) is 12.0. The average molecular weight is 242 g/mol. The molecule has 2 aromatic rings. The van der Waals surface area contributed by atoms with Crippen LogP contribution in [0.4, 0.5) is 0 Å². The number of benzene rings is 1. The van der Waals surface area contributed by atoms with Crippen LogP contribution in [0.15, 0.2) is 42.7 Å². The van der Waals surface area contributed by atoms with Crippen LogP contribution in [0.25, 0.3) is 0 Å². The van der Waals surface area contributed by atoms with E-state index in [0.29, 0.717) is 12.1 Å². The van der Waals surface area contributed by atoms with Gasteiger partial charge in [0.25, 0.3) is 0 Å². The summed E-state index contributed by atoms with van der Waals surface area (Å²) in [5.41, 5.74) is 1.89. The lowest BCUT2D eigenvalue weighted by molar-refractivity contribution is 0.0927. The first-order valence-electron chi connectivity index (χ1n) is 6.31. The van der Waals surface area contributed by atoms with Crippen molar-refractivity contribution in [2.24, 2.45) is 5.92 Å². The van der Waals surface area contributed by atoms with Gasteiger partial charge < -0.3 is 0 Å². The summed E-state index contributed by atoms with van der Waals surface area (Å²) in [5.74, 6) is 0.246. The third-order valence-electron chi connectivity index (χ3n) is 3.17. The zero-order chi connectivity index (χ0) is 13.0. The Kier molecular flexibility index (Phi) is 3.92. The van der Waals surface area contributed by atoms with Crippen LogP contribution in [-0.4, -0.2) is 15.6 Å². The van der Waals surface area contributed by atoms with Crippen LogP contribution in [0, 0.1) is 5.92 Å². The molecule has 1 atom stereocenters. The highest BCUT2D eigenvalue weighted by Crippen LogP contribution is 2.11. The number of aromatic nitrogens is 2. The number of ketones is 1. The second-order valence-electron chi connectivity index (χ2n) is 4.59. The van der Waals surface area contributed by atoms with Crippen molar-refractivity contribution in [3.8, 4) is 0 Å². The number of rotatable bonds is 5. The average Bonchev–Trinajstić information content (AvgIpc) is 2.86. The predicted octanol–water partition coefficient (Wildman–Crippen LogP) is 3.16. The number of hydrogen-bond acceptors (Lipinski definition) is 2. The molecule has 0 aliphatic heterocycles. The minimum Gasteiger partial charge on any atom is -0.294 e. The van der Waals surface area contributed by atoms with E-state index in [2.05, 4.69) is 17.2 Å². The Morgan fingerprint density at radius 1 is 1.33 bits per heavy atom. The predicted molar refractivity (Wildman–Crippen MR) is 71.6 cm³/mol. The van der Waals surface area contributed by atoms with E-state index in [1.54, 1.807) is 6.20 Å². The second kappa shape index (κ2) is 5.63. The van der Waals surface area contributed by atoms with Gasteiger partial charge in [0.05, 0.1) is 18.3 Å². The Hall–Kier alpha value is -1.90. The molecule has 0 aliphatic carbocycles. The molecule has 94 valence electrons. The topological polar surface area (TPSA) is 34.9 Å². The lowest BCUT2D eigenvalue weighted by Gasteiger charge is -2.04. The third-order valence-corrected chi connectivity index (χ3v) is 3.17. The van der Waals surface area contributed by atoms with E-state index >= 15 is 0 Å². The van der Waals surface area contributed by atoms with Crippen molar-refractivity contribution in [3.63, 3.8) is 0 Å². The van der Waals surface area contributed by atoms with Crippen molar-refractivity contribution in [3.05, 3.63) is 53.9 Å². The SMILES string of the molecule is CCC(C)C(=O)c1cnn(Cc2ccccc2)c1. The molecule has 18 heavy (non-hydrogen) atoms. The highest BCUT2D eigenvalue weighted by atomic mass is 16.1. The smallest absolute Gasteiger partial charge is 0.168 e. The number of carbonyl (C=O) groups excluding carboxylic acids is 1. The summed E-state index contributed by atoms with van der Waals surface area (Å²) in [5, 5.41) is 4.25. The summed E-state index contributed by atoms with van der Waals surface area (Å²) in [7, 11) is 0. The van der Waals surface area contributed by atoms with Gasteiger partial charge in [-0.1, -0.05) is 44.2 Å². The Balaban J connectivity index is 2.09. The monoisotopic (exact) mass is 242 g/mol. The van der Waals surface area contributed by atoms with E-state index in [0.717, 1.165) is 6.42 Å². The molecule has 0 amide bonds. The number of Topliss-reactive ketones (excluding diaryl/α,β-unsaturated/α-hetero) is 1. The van der Waals surface area contributed by atoms with E-state index in [-0.39, 0.29) is 11.7 Å². The summed E-state index contributed by atoms with van der Waals surface area (Å²) < 4.78 is 1.81. The first kappa shape index (κ1) is 12.6. The van der Waals surface area contributed by atoms with Gasteiger partial charge in [-0.25, -0.2) is 0 Å². The number of carbonyl (C=O) groups is 1. The Bertz CT molecular complexity index is 516. The standard InChI is InChI=1S/C15H18N2O/c1-3-12(2)15(18)14-9-16-17(11-14)10-13-7-5-4-6-8-13/h4-9,11-12H,3,10H2,1-2H3. The van der Waals surface area contributed by atoms with Gasteiger partial charge in [0, 0.05) is 12.1 Å². The van der Waals surface area contributed by atoms with Crippen LogP contribution in [0.5, 0.6) is 0 Å². The lowest BCUT2D eigenvalue weighted by atomic mass is 10.00. The second-order valence-corrected chi connectivity index (χ2v) is 4.59. The molecule has 0 radical (unpaired) electrons. The maximum Gasteiger partial charge on any atom is 0.168 e. The quantitative estimate of drug-likeness (QED) is 0.755. The molecule has 0 saturated heterocycles. The maximum atomic E-state index is 12.0. The van der Waals surface area contributed by atoms with E-state index in [9.17, 15) is 4.79 Å². The molecule has 1 unspecified atom stereocenters.